The summed E-state index contributed by atoms with van der Waals surface area (Å²) in [5, 5.41) is 2.15. The Hall–Kier alpha value is -5.72. The quantitative estimate of drug-likeness (QED) is 0.148. The van der Waals surface area contributed by atoms with E-state index in [1.165, 1.54) is 65.0 Å². The van der Waals surface area contributed by atoms with E-state index in [2.05, 4.69) is 179 Å². The van der Waals surface area contributed by atoms with E-state index >= 15 is 0 Å². The van der Waals surface area contributed by atoms with Crippen molar-refractivity contribution in [1.29, 1.82) is 0 Å². The van der Waals surface area contributed by atoms with Crippen LogP contribution < -0.4 is 5.73 Å². The van der Waals surface area contributed by atoms with Crippen LogP contribution >= 0.6 is 22.7 Å². The molecule has 0 unspecified atom stereocenters. The fraction of sp³-hybridized carbons (Fsp3) is 0.200. The molecule has 60 heavy (non-hydrogen) atoms. The highest BCUT2D eigenvalue weighted by atomic mass is 32.1. The third-order valence-electron chi connectivity index (χ3n) is 14.4. The highest BCUT2D eigenvalue weighted by Gasteiger charge is 2.45. The Morgan fingerprint density at radius 3 is 1.23 bits per heavy atom. The van der Waals surface area contributed by atoms with Crippen LogP contribution in [-0.2, 0) is 16.4 Å². The Morgan fingerprint density at radius 2 is 0.817 bits per heavy atom. The molecule has 11 rings (SSSR count). The molecule has 0 aliphatic heterocycles. The van der Waals surface area contributed by atoms with E-state index in [0.29, 0.717) is 0 Å². The third kappa shape index (κ3) is 5.22. The van der Waals surface area contributed by atoms with Crippen molar-refractivity contribution in [3.05, 3.63) is 191 Å². The topological polar surface area (TPSA) is 51.8 Å². The average molecular weight is 814 g/mol. The number of hydrogen-bond donors (Lipinski definition) is 1. The minimum absolute atomic E-state index is 0.148. The number of para-hydroxylation sites is 2. The number of thiazole rings is 2. The van der Waals surface area contributed by atoms with Gasteiger partial charge in [-0.1, -0.05) is 143 Å². The largest absolute Gasteiger partial charge is 0.314 e. The van der Waals surface area contributed by atoms with Crippen molar-refractivity contribution in [2.75, 3.05) is 0 Å². The Bertz CT molecular complexity index is 2870. The molecule has 0 bridgehead atoms. The molecule has 0 fully saturated rings. The fourth-order valence-corrected chi connectivity index (χ4v) is 12.9. The minimum Gasteiger partial charge on any atom is -0.314 e. The lowest BCUT2D eigenvalue weighted by molar-refractivity contribution is 0.487. The van der Waals surface area contributed by atoms with Crippen molar-refractivity contribution in [3.63, 3.8) is 0 Å². The van der Waals surface area contributed by atoms with Crippen LogP contribution in [0.4, 0.5) is 0 Å². The Kier molecular flexibility index (Phi) is 8.65. The zero-order valence-electron chi connectivity index (χ0n) is 34.6. The number of fused-ring (bicyclic) bond motifs is 8. The first kappa shape index (κ1) is 37.3. The maximum absolute atomic E-state index is 8.06. The second kappa shape index (κ2) is 13.9. The Morgan fingerprint density at radius 1 is 0.433 bits per heavy atom. The van der Waals surface area contributed by atoms with Crippen LogP contribution in [0.5, 0.6) is 0 Å². The number of hydrogen-bond acceptors (Lipinski definition) is 5. The van der Waals surface area contributed by atoms with Crippen molar-refractivity contribution in [2.24, 2.45) is 5.73 Å². The van der Waals surface area contributed by atoms with Crippen molar-refractivity contribution < 1.29 is 0 Å². The Balaban J connectivity index is 1.05. The second-order valence-corrected chi connectivity index (χ2v) is 18.8. The SMILES string of the molecule is CCC1(CC)c2cc(-c3nc4ccccc4s3)ccc2-c2ccc(C(N)(c3ccccc3)c3ccc4c(c3)C(CC)(CC)c3cc(-c5nc6ccccc6s5)ccc3-4)cc21. The maximum atomic E-state index is 8.06. The van der Waals surface area contributed by atoms with E-state index in [-0.39, 0.29) is 10.8 Å². The number of rotatable bonds is 9. The van der Waals surface area contributed by atoms with E-state index in [9.17, 15) is 0 Å². The first-order valence-electron chi connectivity index (χ1n) is 21.5. The van der Waals surface area contributed by atoms with Gasteiger partial charge in [0.1, 0.15) is 10.0 Å². The summed E-state index contributed by atoms with van der Waals surface area (Å²) >= 11 is 3.55. The molecule has 2 heterocycles. The minimum atomic E-state index is -0.895. The summed E-state index contributed by atoms with van der Waals surface area (Å²) in [6.07, 6.45) is 3.96. The van der Waals surface area contributed by atoms with Crippen LogP contribution in [0.2, 0.25) is 0 Å². The van der Waals surface area contributed by atoms with Crippen LogP contribution in [0.15, 0.2) is 152 Å². The summed E-state index contributed by atoms with van der Waals surface area (Å²) < 4.78 is 2.44. The summed E-state index contributed by atoms with van der Waals surface area (Å²) in [5.41, 5.74) is 25.5. The zero-order chi connectivity index (χ0) is 40.8. The van der Waals surface area contributed by atoms with Crippen LogP contribution in [0.3, 0.4) is 0 Å². The molecule has 0 amide bonds. The van der Waals surface area contributed by atoms with Gasteiger partial charge < -0.3 is 5.73 Å². The van der Waals surface area contributed by atoms with Gasteiger partial charge in [0.2, 0.25) is 0 Å². The molecule has 0 saturated heterocycles. The third-order valence-corrected chi connectivity index (χ3v) is 16.5. The lowest BCUT2D eigenvalue weighted by atomic mass is 9.70. The molecule has 0 radical (unpaired) electrons. The van der Waals surface area contributed by atoms with Crippen LogP contribution in [0, 0.1) is 0 Å². The van der Waals surface area contributed by atoms with Gasteiger partial charge in [-0.25, -0.2) is 9.97 Å². The summed E-state index contributed by atoms with van der Waals surface area (Å²) in [5.74, 6) is 0. The summed E-state index contributed by atoms with van der Waals surface area (Å²) in [6.45, 7) is 9.40. The van der Waals surface area contributed by atoms with Gasteiger partial charge in [0.05, 0.1) is 26.0 Å². The number of aromatic nitrogens is 2. The number of nitrogens with zero attached hydrogens (tertiary/aromatic N) is 2. The van der Waals surface area contributed by atoms with E-state index in [0.717, 1.165) is 63.4 Å². The highest BCUT2D eigenvalue weighted by Crippen LogP contribution is 2.57. The summed E-state index contributed by atoms with van der Waals surface area (Å²) in [7, 11) is 0. The van der Waals surface area contributed by atoms with Crippen LogP contribution in [-0.4, -0.2) is 9.97 Å². The van der Waals surface area contributed by atoms with Crippen molar-refractivity contribution in [3.8, 4) is 43.4 Å². The normalized spacial score (nSPS) is 14.6. The summed E-state index contributed by atoms with van der Waals surface area (Å²) in [6, 6.07) is 56.0. The molecule has 294 valence electrons. The fourth-order valence-electron chi connectivity index (χ4n) is 11.0. The van der Waals surface area contributed by atoms with Crippen molar-refractivity contribution >= 4 is 43.1 Å². The van der Waals surface area contributed by atoms with Gasteiger partial charge in [0, 0.05) is 22.0 Å². The van der Waals surface area contributed by atoms with Gasteiger partial charge in [0.15, 0.2) is 0 Å². The molecule has 2 N–H and O–H groups in total. The molecule has 0 saturated carbocycles. The number of nitrogens with two attached hydrogens (primary N) is 1. The zero-order valence-corrected chi connectivity index (χ0v) is 36.2. The molecule has 2 aromatic heterocycles. The monoisotopic (exact) mass is 813 g/mol. The summed E-state index contributed by atoms with van der Waals surface area (Å²) in [4.78, 5) is 10.1. The van der Waals surface area contributed by atoms with Gasteiger partial charge in [-0.05, 0) is 123 Å². The molecule has 5 heteroatoms. The molecule has 7 aromatic carbocycles. The molecule has 3 nitrogen and oxygen atoms in total. The van der Waals surface area contributed by atoms with Gasteiger partial charge in [-0.2, -0.15) is 0 Å². The second-order valence-electron chi connectivity index (χ2n) is 16.8. The van der Waals surface area contributed by atoms with E-state index < -0.39 is 5.54 Å². The number of benzene rings is 7. The van der Waals surface area contributed by atoms with Gasteiger partial charge in [-0.3, -0.25) is 0 Å². The molecule has 2 aliphatic carbocycles. The molecule has 2 aliphatic rings. The Labute approximate surface area is 360 Å². The molecule has 0 atom stereocenters. The van der Waals surface area contributed by atoms with E-state index in [1.807, 2.05) is 0 Å². The molecule has 0 spiro atoms. The van der Waals surface area contributed by atoms with Crippen LogP contribution in [0.25, 0.3) is 63.8 Å². The predicted molar refractivity (Wildman–Crippen MR) is 254 cm³/mol. The lowest BCUT2D eigenvalue weighted by Gasteiger charge is -2.36. The first-order chi connectivity index (χ1) is 29.3. The molecular weight excluding hydrogens is 767 g/mol. The highest BCUT2D eigenvalue weighted by molar-refractivity contribution is 7.22. The van der Waals surface area contributed by atoms with Gasteiger partial charge in [-0.15, -0.1) is 22.7 Å². The van der Waals surface area contributed by atoms with Gasteiger partial charge in [0.25, 0.3) is 0 Å². The maximum Gasteiger partial charge on any atom is 0.124 e. The lowest BCUT2D eigenvalue weighted by Crippen LogP contribution is -2.40. The van der Waals surface area contributed by atoms with Crippen molar-refractivity contribution in [1.82, 2.24) is 9.97 Å². The van der Waals surface area contributed by atoms with Crippen LogP contribution in [0.1, 0.15) is 92.3 Å². The standard InChI is InChI=1S/C55H47N3S2/c1-5-53(6-2)43-30-34(51-57-47-18-12-14-20-49(47)59-51)22-26-39(43)41-28-24-37(32-45(41)53)55(56,36-16-10-9-11-17-36)38-25-29-42-40-27-23-35(52-58-48-19-13-15-21-50(48)60-52)31-44(40)54(7-3,8-4)46(42)33-38/h9-33H,5-8,56H2,1-4H3. The predicted octanol–water partition coefficient (Wildman–Crippen LogP) is 14.7. The average Bonchev–Trinajstić information content (AvgIpc) is 4.07. The molecular formula is C55H47N3S2. The first-order valence-corrected chi connectivity index (χ1v) is 23.1. The van der Waals surface area contributed by atoms with E-state index in [4.69, 9.17) is 15.7 Å². The van der Waals surface area contributed by atoms with Gasteiger partial charge >= 0.3 is 0 Å². The smallest absolute Gasteiger partial charge is 0.124 e. The van der Waals surface area contributed by atoms with Crippen molar-refractivity contribution in [2.45, 2.75) is 69.7 Å². The van der Waals surface area contributed by atoms with E-state index in [1.54, 1.807) is 22.7 Å². The molecule has 9 aromatic rings.